The highest BCUT2D eigenvalue weighted by molar-refractivity contribution is 7.89. The lowest BCUT2D eigenvalue weighted by Gasteiger charge is -2.16. The summed E-state index contributed by atoms with van der Waals surface area (Å²) in [6.07, 6.45) is 0. The zero-order chi connectivity index (χ0) is 19.3. The molecule has 1 amide bonds. The highest BCUT2D eigenvalue weighted by atomic mass is 32.2. The molecule has 0 aliphatic carbocycles. The molecule has 0 heterocycles. The topological polar surface area (TPSA) is 93.7 Å². The van der Waals surface area contributed by atoms with Crippen LogP contribution in [0.4, 0.5) is 5.69 Å². The minimum atomic E-state index is -3.91. The molecule has 26 heavy (non-hydrogen) atoms. The molecule has 0 bridgehead atoms. The summed E-state index contributed by atoms with van der Waals surface area (Å²) in [6, 6.07) is 10.5. The van der Waals surface area contributed by atoms with Crippen LogP contribution in [0.1, 0.15) is 12.5 Å². The van der Waals surface area contributed by atoms with Gasteiger partial charge in [-0.25, -0.2) is 8.42 Å². The van der Waals surface area contributed by atoms with Crippen LogP contribution in [0.2, 0.25) is 0 Å². The maximum absolute atomic E-state index is 12.5. The number of anilines is 1. The van der Waals surface area contributed by atoms with Gasteiger partial charge in [0, 0.05) is 11.8 Å². The van der Waals surface area contributed by atoms with Gasteiger partial charge in [0.2, 0.25) is 15.9 Å². The summed E-state index contributed by atoms with van der Waals surface area (Å²) < 4.78 is 37.6. The first kappa shape index (κ1) is 19.7. The fourth-order valence-corrected chi connectivity index (χ4v) is 3.53. The van der Waals surface area contributed by atoms with Gasteiger partial charge in [-0.1, -0.05) is 12.1 Å². The van der Waals surface area contributed by atoms with Crippen molar-refractivity contribution in [2.45, 2.75) is 24.8 Å². The number of carbonyl (C=O) groups excluding carboxylic acids is 1. The lowest BCUT2D eigenvalue weighted by Crippen LogP contribution is -2.41. The highest BCUT2D eigenvalue weighted by Crippen LogP contribution is 2.29. The number of methoxy groups -OCH3 is 2. The third-order valence-corrected chi connectivity index (χ3v) is 5.21. The average Bonchev–Trinajstić information content (AvgIpc) is 2.60. The van der Waals surface area contributed by atoms with Crippen molar-refractivity contribution in [3.05, 3.63) is 48.0 Å². The molecule has 140 valence electrons. The zero-order valence-corrected chi connectivity index (χ0v) is 15.9. The predicted octanol–water partition coefficient (Wildman–Crippen LogP) is 2.32. The smallest absolute Gasteiger partial charge is 0.242 e. The van der Waals surface area contributed by atoms with Crippen molar-refractivity contribution in [2.75, 3.05) is 19.5 Å². The maximum atomic E-state index is 12.5. The Bertz CT molecular complexity index is 896. The fourth-order valence-electron chi connectivity index (χ4n) is 2.31. The van der Waals surface area contributed by atoms with Crippen molar-refractivity contribution in [3.63, 3.8) is 0 Å². The summed E-state index contributed by atoms with van der Waals surface area (Å²) in [5.41, 5.74) is 1.59. The normalized spacial score (nSPS) is 12.3. The minimum absolute atomic E-state index is 0.0228. The molecule has 7 nitrogen and oxygen atoms in total. The van der Waals surface area contributed by atoms with Crippen LogP contribution in [-0.4, -0.2) is 34.6 Å². The molecular formula is C18H22N2O5S. The first-order valence-electron chi connectivity index (χ1n) is 7.88. The number of carbonyl (C=O) groups is 1. The van der Waals surface area contributed by atoms with Crippen molar-refractivity contribution < 1.29 is 22.7 Å². The van der Waals surface area contributed by atoms with E-state index < -0.39 is 22.0 Å². The zero-order valence-electron chi connectivity index (χ0n) is 15.1. The van der Waals surface area contributed by atoms with Crippen LogP contribution < -0.4 is 19.5 Å². The second-order valence-electron chi connectivity index (χ2n) is 5.72. The first-order valence-corrected chi connectivity index (χ1v) is 9.37. The van der Waals surface area contributed by atoms with E-state index in [0.29, 0.717) is 11.4 Å². The van der Waals surface area contributed by atoms with Crippen molar-refractivity contribution in [1.29, 1.82) is 0 Å². The van der Waals surface area contributed by atoms with E-state index in [2.05, 4.69) is 10.0 Å². The monoisotopic (exact) mass is 378 g/mol. The molecule has 0 fully saturated rings. The molecule has 2 rings (SSSR count). The van der Waals surface area contributed by atoms with E-state index in [1.165, 1.54) is 39.3 Å². The van der Waals surface area contributed by atoms with Gasteiger partial charge in [0.25, 0.3) is 0 Å². The number of sulfonamides is 1. The standard InChI is InChI=1S/C18H22N2O5S/c1-12-6-5-7-14(10-12)19-18(21)13(2)20-26(22,23)15-8-9-16(24-3)17(11-15)25-4/h5-11,13,20H,1-4H3,(H,19,21). The minimum Gasteiger partial charge on any atom is -0.493 e. The van der Waals surface area contributed by atoms with Gasteiger partial charge in [-0.05, 0) is 43.7 Å². The molecule has 1 unspecified atom stereocenters. The van der Waals surface area contributed by atoms with Crippen LogP contribution >= 0.6 is 0 Å². The number of hydrogen-bond donors (Lipinski definition) is 2. The van der Waals surface area contributed by atoms with Gasteiger partial charge in [0.15, 0.2) is 11.5 Å². The largest absolute Gasteiger partial charge is 0.493 e. The molecule has 2 aromatic rings. The Labute approximate surface area is 153 Å². The number of hydrogen-bond acceptors (Lipinski definition) is 5. The van der Waals surface area contributed by atoms with Crippen LogP contribution in [-0.2, 0) is 14.8 Å². The molecule has 1 atom stereocenters. The Morgan fingerprint density at radius 1 is 1.04 bits per heavy atom. The molecule has 2 aromatic carbocycles. The molecule has 0 saturated carbocycles. The molecule has 0 aliphatic heterocycles. The maximum Gasteiger partial charge on any atom is 0.242 e. The van der Waals surface area contributed by atoms with Crippen molar-refractivity contribution in [2.24, 2.45) is 0 Å². The van der Waals surface area contributed by atoms with E-state index in [-0.39, 0.29) is 10.6 Å². The van der Waals surface area contributed by atoms with E-state index in [1.807, 2.05) is 19.1 Å². The van der Waals surface area contributed by atoms with Crippen LogP contribution in [0.15, 0.2) is 47.4 Å². The van der Waals surface area contributed by atoms with Gasteiger partial charge in [-0.3, -0.25) is 4.79 Å². The Morgan fingerprint density at radius 2 is 1.73 bits per heavy atom. The average molecular weight is 378 g/mol. The summed E-state index contributed by atoms with van der Waals surface area (Å²) in [5, 5.41) is 2.69. The number of nitrogens with one attached hydrogen (secondary N) is 2. The number of benzene rings is 2. The van der Waals surface area contributed by atoms with E-state index in [1.54, 1.807) is 12.1 Å². The van der Waals surface area contributed by atoms with E-state index in [4.69, 9.17) is 9.47 Å². The number of rotatable bonds is 7. The van der Waals surface area contributed by atoms with E-state index in [9.17, 15) is 13.2 Å². The number of aryl methyl sites for hydroxylation is 1. The predicted molar refractivity (Wildman–Crippen MR) is 99.1 cm³/mol. The molecule has 0 saturated heterocycles. The van der Waals surface area contributed by atoms with Gasteiger partial charge in [0.1, 0.15) is 0 Å². The third-order valence-electron chi connectivity index (χ3n) is 3.68. The molecule has 0 aliphatic rings. The highest BCUT2D eigenvalue weighted by Gasteiger charge is 2.23. The van der Waals surface area contributed by atoms with Crippen LogP contribution in [0.3, 0.4) is 0 Å². The quantitative estimate of drug-likeness (QED) is 0.771. The summed E-state index contributed by atoms with van der Waals surface area (Å²) in [4.78, 5) is 12.3. The Balaban J connectivity index is 2.14. The van der Waals surface area contributed by atoms with E-state index in [0.717, 1.165) is 5.56 Å². The lowest BCUT2D eigenvalue weighted by molar-refractivity contribution is -0.117. The molecule has 2 N–H and O–H groups in total. The fraction of sp³-hybridized carbons (Fsp3) is 0.278. The lowest BCUT2D eigenvalue weighted by atomic mass is 10.2. The molecule has 8 heteroatoms. The molecule has 0 aromatic heterocycles. The van der Waals surface area contributed by atoms with Gasteiger partial charge in [0.05, 0.1) is 25.2 Å². The van der Waals surface area contributed by atoms with Gasteiger partial charge in [-0.2, -0.15) is 4.72 Å². The molecule has 0 radical (unpaired) electrons. The van der Waals surface area contributed by atoms with Crippen LogP contribution in [0.5, 0.6) is 11.5 Å². The van der Waals surface area contributed by atoms with Crippen LogP contribution in [0.25, 0.3) is 0 Å². The second kappa shape index (κ2) is 8.20. The summed E-state index contributed by atoms with van der Waals surface area (Å²) >= 11 is 0. The van der Waals surface area contributed by atoms with Gasteiger partial charge < -0.3 is 14.8 Å². The van der Waals surface area contributed by atoms with Crippen molar-refractivity contribution in [3.8, 4) is 11.5 Å². The Kier molecular flexibility index (Phi) is 6.23. The SMILES string of the molecule is COc1ccc(S(=O)(=O)NC(C)C(=O)Nc2cccc(C)c2)cc1OC. The summed E-state index contributed by atoms with van der Waals surface area (Å²) in [5.74, 6) is 0.239. The summed E-state index contributed by atoms with van der Waals surface area (Å²) in [7, 11) is -1.03. The van der Waals surface area contributed by atoms with Crippen molar-refractivity contribution >= 4 is 21.6 Å². The summed E-state index contributed by atoms with van der Waals surface area (Å²) in [6.45, 7) is 3.38. The molecular weight excluding hydrogens is 356 g/mol. The first-order chi connectivity index (χ1) is 12.3. The third kappa shape index (κ3) is 4.74. The number of ether oxygens (including phenoxy) is 2. The second-order valence-corrected chi connectivity index (χ2v) is 7.43. The van der Waals surface area contributed by atoms with Crippen molar-refractivity contribution in [1.82, 2.24) is 4.72 Å². The Morgan fingerprint density at radius 3 is 2.35 bits per heavy atom. The van der Waals surface area contributed by atoms with Gasteiger partial charge in [-0.15, -0.1) is 0 Å². The van der Waals surface area contributed by atoms with E-state index >= 15 is 0 Å². The Hall–Kier alpha value is -2.58. The number of amides is 1. The van der Waals surface area contributed by atoms with Gasteiger partial charge >= 0.3 is 0 Å². The molecule has 0 spiro atoms. The van der Waals surface area contributed by atoms with Crippen LogP contribution in [0, 0.1) is 6.92 Å².